The Morgan fingerprint density at radius 1 is 1.24 bits per heavy atom. The van der Waals surface area contributed by atoms with Crippen molar-refractivity contribution in [3.05, 3.63) is 35.9 Å². The molecule has 1 aromatic carbocycles. The van der Waals surface area contributed by atoms with Crippen molar-refractivity contribution in [2.45, 2.75) is 44.8 Å². The van der Waals surface area contributed by atoms with Crippen LogP contribution < -0.4 is 10.6 Å². The smallest absolute Gasteiger partial charge is 0.414 e. The zero-order chi connectivity index (χ0) is 15.5. The maximum Gasteiger partial charge on any atom is 0.414 e. The summed E-state index contributed by atoms with van der Waals surface area (Å²) in [4.78, 5) is 24.4. The first-order valence-corrected chi connectivity index (χ1v) is 7.18. The third kappa shape index (κ3) is 3.61. The molecule has 1 aliphatic rings. The number of hydrogen-bond donors (Lipinski definition) is 2. The SMILES string of the molecule is CC(C)(C)OC(=O)NC(=O)[C@]1(c2ccccc2)CCCN1. The van der Waals surface area contributed by atoms with Crippen molar-refractivity contribution in [2.24, 2.45) is 0 Å². The van der Waals surface area contributed by atoms with E-state index in [0.717, 1.165) is 18.5 Å². The van der Waals surface area contributed by atoms with Gasteiger partial charge in [-0.1, -0.05) is 30.3 Å². The lowest BCUT2D eigenvalue weighted by atomic mass is 9.87. The van der Waals surface area contributed by atoms with Crippen LogP contribution in [-0.2, 0) is 15.1 Å². The van der Waals surface area contributed by atoms with E-state index in [1.165, 1.54) is 0 Å². The second kappa shape index (κ2) is 5.85. The fourth-order valence-corrected chi connectivity index (χ4v) is 2.54. The van der Waals surface area contributed by atoms with Gasteiger partial charge >= 0.3 is 6.09 Å². The van der Waals surface area contributed by atoms with Crippen LogP contribution in [0.5, 0.6) is 0 Å². The molecule has 2 N–H and O–H groups in total. The second-order valence-corrected chi connectivity index (χ2v) is 6.26. The lowest BCUT2D eigenvalue weighted by Gasteiger charge is -2.29. The van der Waals surface area contributed by atoms with Gasteiger partial charge in [0.15, 0.2) is 0 Å². The Hall–Kier alpha value is -1.88. The van der Waals surface area contributed by atoms with E-state index in [9.17, 15) is 9.59 Å². The van der Waals surface area contributed by atoms with E-state index in [4.69, 9.17) is 4.74 Å². The number of carbonyl (C=O) groups excluding carboxylic acids is 2. The third-order valence-corrected chi connectivity index (χ3v) is 3.42. The van der Waals surface area contributed by atoms with E-state index in [1.807, 2.05) is 30.3 Å². The van der Waals surface area contributed by atoms with Crippen molar-refractivity contribution in [3.63, 3.8) is 0 Å². The van der Waals surface area contributed by atoms with Crippen LogP contribution in [0, 0.1) is 0 Å². The van der Waals surface area contributed by atoms with E-state index in [1.54, 1.807) is 20.8 Å². The Morgan fingerprint density at radius 2 is 1.90 bits per heavy atom. The Bertz CT molecular complexity index is 514. The molecule has 5 heteroatoms. The van der Waals surface area contributed by atoms with Gasteiger partial charge < -0.3 is 4.74 Å². The minimum atomic E-state index is -0.849. The standard InChI is InChI=1S/C16H22N2O3/c1-15(2,3)21-14(20)18-13(19)16(10-7-11-17-16)12-8-5-4-6-9-12/h4-6,8-9,17H,7,10-11H2,1-3H3,(H,18,19,20)/t16-/m1/s1. The van der Waals surface area contributed by atoms with Crippen LogP contribution in [0.25, 0.3) is 0 Å². The fraction of sp³-hybridized carbons (Fsp3) is 0.500. The van der Waals surface area contributed by atoms with Crippen LogP contribution in [0.3, 0.4) is 0 Å². The molecule has 1 heterocycles. The van der Waals surface area contributed by atoms with E-state index in [0.29, 0.717) is 6.42 Å². The summed E-state index contributed by atoms with van der Waals surface area (Å²) in [5, 5.41) is 5.59. The molecule has 1 aliphatic heterocycles. The highest BCUT2D eigenvalue weighted by atomic mass is 16.6. The molecule has 114 valence electrons. The van der Waals surface area contributed by atoms with Crippen molar-refractivity contribution in [1.82, 2.24) is 10.6 Å². The van der Waals surface area contributed by atoms with Crippen LogP contribution in [-0.4, -0.2) is 24.1 Å². The summed E-state index contributed by atoms with van der Waals surface area (Å²) < 4.78 is 5.15. The molecular formula is C16H22N2O3. The van der Waals surface area contributed by atoms with Crippen LogP contribution >= 0.6 is 0 Å². The highest BCUT2D eigenvalue weighted by Gasteiger charge is 2.43. The van der Waals surface area contributed by atoms with Gasteiger partial charge in [0, 0.05) is 0 Å². The van der Waals surface area contributed by atoms with Crippen molar-refractivity contribution in [2.75, 3.05) is 6.54 Å². The number of imide groups is 1. The van der Waals surface area contributed by atoms with Gasteiger partial charge in [-0.2, -0.15) is 0 Å². The van der Waals surface area contributed by atoms with Gasteiger partial charge in [-0.3, -0.25) is 15.4 Å². The molecule has 5 nitrogen and oxygen atoms in total. The Balaban J connectivity index is 2.16. The summed E-state index contributed by atoms with van der Waals surface area (Å²) >= 11 is 0. The molecule has 0 radical (unpaired) electrons. The topological polar surface area (TPSA) is 67.4 Å². The molecule has 0 aliphatic carbocycles. The minimum Gasteiger partial charge on any atom is -0.444 e. The van der Waals surface area contributed by atoms with Crippen LogP contribution in [0.4, 0.5) is 4.79 Å². The maximum absolute atomic E-state index is 12.6. The number of carbonyl (C=O) groups is 2. The highest BCUT2D eigenvalue weighted by Crippen LogP contribution is 2.31. The molecule has 0 unspecified atom stereocenters. The Morgan fingerprint density at radius 3 is 2.43 bits per heavy atom. The van der Waals surface area contributed by atoms with Gasteiger partial charge in [-0.25, -0.2) is 4.79 Å². The molecule has 1 fully saturated rings. The zero-order valence-electron chi connectivity index (χ0n) is 12.7. The maximum atomic E-state index is 12.6. The number of nitrogens with one attached hydrogen (secondary N) is 2. The lowest BCUT2D eigenvalue weighted by molar-refractivity contribution is -0.127. The number of alkyl carbamates (subject to hydrolysis) is 1. The summed E-state index contributed by atoms with van der Waals surface area (Å²) in [6.45, 7) is 6.03. The van der Waals surface area contributed by atoms with Crippen LogP contribution in [0.1, 0.15) is 39.2 Å². The minimum absolute atomic E-state index is 0.361. The van der Waals surface area contributed by atoms with Crippen molar-refractivity contribution >= 4 is 12.0 Å². The number of ether oxygens (including phenoxy) is 1. The lowest BCUT2D eigenvalue weighted by Crippen LogP contribution is -2.53. The first-order valence-electron chi connectivity index (χ1n) is 7.18. The van der Waals surface area contributed by atoms with Crippen LogP contribution in [0.15, 0.2) is 30.3 Å². The van der Waals surface area contributed by atoms with E-state index < -0.39 is 17.2 Å². The zero-order valence-corrected chi connectivity index (χ0v) is 12.7. The quantitative estimate of drug-likeness (QED) is 0.877. The van der Waals surface area contributed by atoms with Gasteiger partial charge in [-0.15, -0.1) is 0 Å². The molecule has 2 rings (SSSR count). The molecule has 0 spiro atoms. The van der Waals surface area contributed by atoms with E-state index >= 15 is 0 Å². The summed E-state index contributed by atoms with van der Waals surface area (Å²) in [5.74, 6) is -0.361. The fourth-order valence-electron chi connectivity index (χ4n) is 2.54. The monoisotopic (exact) mass is 290 g/mol. The average Bonchev–Trinajstić information content (AvgIpc) is 2.88. The summed E-state index contributed by atoms with van der Waals surface area (Å²) in [6.07, 6.45) is 0.832. The Labute approximate surface area is 125 Å². The molecule has 2 amide bonds. The van der Waals surface area contributed by atoms with Gasteiger partial charge in [0.05, 0.1) is 0 Å². The van der Waals surface area contributed by atoms with E-state index in [-0.39, 0.29) is 5.91 Å². The molecule has 1 aromatic rings. The van der Waals surface area contributed by atoms with Crippen molar-refractivity contribution in [1.29, 1.82) is 0 Å². The molecule has 1 atom stereocenters. The molecular weight excluding hydrogens is 268 g/mol. The first-order chi connectivity index (χ1) is 9.83. The number of amides is 2. The average molecular weight is 290 g/mol. The van der Waals surface area contributed by atoms with Gasteiger partial charge in [0.1, 0.15) is 11.1 Å². The number of benzene rings is 1. The third-order valence-electron chi connectivity index (χ3n) is 3.42. The second-order valence-electron chi connectivity index (χ2n) is 6.26. The van der Waals surface area contributed by atoms with Gasteiger partial charge in [0.2, 0.25) is 0 Å². The summed E-state index contributed by atoms with van der Waals surface area (Å²) in [6, 6.07) is 9.47. The van der Waals surface area contributed by atoms with Crippen molar-refractivity contribution < 1.29 is 14.3 Å². The molecule has 0 saturated carbocycles. The Kier molecular flexibility index (Phi) is 4.32. The normalized spacial score (nSPS) is 21.9. The predicted molar refractivity (Wildman–Crippen MR) is 79.7 cm³/mol. The van der Waals surface area contributed by atoms with E-state index in [2.05, 4.69) is 10.6 Å². The predicted octanol–water partition coefficient (Wildman–Crippen LogP) is 2.32. The highest BCUT2D eigenvalue weighted by molar-refractivity contribution is 5.98. The molecule has 0 bridgehead atoms. The van der Waals surface area contributed by atoms with Crippen LogP contribution in [0.2, 0.25) is 0 Å². The van der Waals surface area contributed by atoms with Gasteiger partial charge in [0.25, 0.3) is 5.91 Å². The molecule has 21 heavy (non-hydrogen) atoms. The van der Waals surface area contributed by atoms with Crippen molar-refractivity contribution in [3.8, 4) is 0 Å². The summed E-state index contributed by atoms with van der Waals surface area (Å²) in [5.41, 5.74) is -0.616. The van der Waals surface area contributed by atoms with Gasteiger partial charge in [-0.05, 0) is 45.7 Å². The molecule has 1 saturated heterocycles. The number of rotatable bonds is 2. The first kappa shape index (κ1) is 15.5. The summed E-state index contributed by atoms with van der Waals surface area (Å²) in [7, 11) is 0. The molecule has 0 aromatic heterocycles. The number of hydrogen-bond acceptors (Lipinski definition) is 4. The largest absolute Gasteiger partial charge is 0.444 e.